The van der Waals surface area contributed by atoms with Crippen LogP contribution in [-0.2, 0) is 14.2 Å². The highest BCUT2D eigenvalue weighted by molar-refractivity contribution is 8.02. The first-order valence-corrected chi connectivity index (χ1v) is 8.55. The first-order valence-electron chi connectivity index (χ1n) is 6.66. The van der Waals surface area contributed by atoms with Crippen LogP contribution in [0.15, 0.2) is 30.3 Å². The summed E-state index contributed by atoms with van der Waals surface area (Å²) in [5.74, 6) is 0. The molecular weight excluding hydrogens is 280 g/mol. The zero-order valence-corrected chi connectivity index (χ0v) is 13.0. The molecule has 0 saturated heterocycles. The molecule has 108 valence electrons. The van der Waals surface area contributed by atoms with Gasteiger partial charge in [-0.05, 0) is 12.0 Å². The van der Waals surface area contributed by atoms with E-state index in [0.29, 0.717) is 12.0 Å². The molecule has 0 bridgehead atoms. The van der Waals surface area contributed by atoms with Crippen molar-refractivity contribution in [3.63, 3.8) is 0 Å². The van der Waals surface area contributed by atoms with Gasteiger partial charge in [0.05, 0.1) is 0 Å². The lowest BCUT2D eigenvalue weighted by atomic mass is 10.0. The lowest BCUT2D eigenvalue weighted by Crippen LogP contribution is -2.29. The second-order valence-corrected chi connectivity index (χ2v) is 7.50. The van der Waals surface area contributed by atoms with Crippen LogP contribution in [0.2, 0.25) is 0 Å². The predicted octanol–water partition coefficient (Wildman–Crippen LogP) is 4.02. The fourth-order valence-corrected chi connectivity index (χ4v) is 3.23. The van der Waals surface area contributed by atoms with Crippen LogP contribution in [0, 0.1) is 0 Å². The Labute approximate surface area is 121 Å². The Morgan fingerprint density at radius 3 is 2.21 bits per heavy atom. The Hall–Kier alpha value is -0.520. The van der Waals surface area contributed by atoms with Crippen molar-refractivity contribution in [2.45, 2.75) is 49.5 Å². The summed E-state index contributed by atoms with van der Waals surface area (Å²) in [6.45, 7) is 2.13. The maximum atomic E-state index is 11.7. The molecule has 0 amide bonds. The fraction of sp³-hybridized carbons (Fsp3) is 0.571. The first kappa shape index (κ1) is 16.5. The number of benzene rings is 1. The summed E-state index contributed by atoms with van der Waals surface area (Å²) in [7, 11) is -4.25. The number of hydrogen-bond acceptors (Lipinski definition) is 3. The van der Waals surface area contributed by atoms with Gasteiger partial charge in [-0.25, -0.2) is 0 Å². The van der Waals surface area contributed by atoms with E-state index in [9.17, 15) is 13.0 Å². The van der Waals surface area contributed by atoms with Gasteiger partial charge in [0.2, 0.25) is 0 Å². The van der Waals surface area contributed by atoms with E-state index in [4.69, 9.17) is 0 Å². The lowest BCUT2D eigenvalue weighted by Gasteiger charge is -2.25. The molecule has 0 saturated carbocycles. The van der Waals surface area contributed by atoms with Crippen LogP contribution in [0.25, 0.3) is 0 Å². The van der Waals surface area contributed by atoms with Crippen LogP contribution < -0.4 is 0 Å². The van der Waals surface area contributed by atoms with Crippen molar-refractivity contribution in [1.29, 1.82) is 0 Å². The van der Waals surface area contributed by atoms with Gasteiger partial charge in [0.1, 0.15) is 0 Å². The summed E-state index contributed by atoms with van der Waals surface area (Å²) in [6.07, 6.45) is 5.39. The topological polar surface area (TPSA) is 54.4 Å². The van der Waals surface area contributed by atoms with Crippen LogP contribution in [0.5, 0.6) is 0 Å². The summed E-state index contributed by atoms with van der Waals surface area (Å²) < 4.78 is 31.3. The molecule has 5 heteroatoms. The van der Waals surface area contributed by atoms with Gasteiger partial charge in [0.25, 0.3) is 10.1 Å². The minimum absolute atomic E-state index is 0.322. The molecule has 0 aliphatic rings. The van der Waals surface area contributed by atoms with E-state index in [2.05, 4.69) is 19.6 Å². The molecule has 0 aliphatic carbocycles. The molecule has 1 aromatic rings. The number of rotatable bonds is 8. The molecule has 1 unspecified atom stereocenters. The minimum Gasteiger partial charge on any atom is -0.284 e. The highest BCUT2D eigenvalue weighted by atomic mass is 32.3. The van der Waals surface area contributed by atoms with Gasteiger partial charge in [-0.2, -0.15) is 8.42 Å². The molecule has 0 aliphatic heterocycles. The van der Waals surface area contributed by atoms with Crippen molar-refractivity contribution in [2.75, 3.05) is 0 Å². The number of thiol groups is 1. The van der Waals surface area contributed by atoms with E-state index >= 15 is 0 Å². The summed E-state index contributed by atoms with van der Waals surface area (Å²) in [4.78, 5) is 0. The molecular formula is C14H22O3S2. The molecule has 0 radical (unpaired) electrons. The molecule has 1 atom stereocenters. The van der Waals surface area contributed by atoms with Crippen LogP contribution >= 0.6 is 12.6 Å². The van der Waals surface area contributed by atoms with E-state index < -0.39 is 14.2 Å². The Balaban J connectivity index is 2.79. The van der Waals surface area contributed by atoms with E-state index in [1.807, 2.05) is 6.07 Å². The Kier molecular flexibility index (Phi) is 6.36. The Morgan fingerprint density at radius 2 is 1.68 bits per heavy atom. The lowest BCUT2D eigenvalue weighted by molar-refractivity contribution is 0.450. The van der Waals surface area contributed by atoms with Gasteiger partial charge in [-0.15, -0.1) is 12.6 Å². The van der Waals surface area contributed by atoms with Gasteiger partial charge in [-0.1, -0.05) is 69.4 Å². The third-order valence-electron chi connectivity index (χ3n) is 3.27. The van der Waals surface area contributed by atoms with Crippen molar-refractivity contribution >= 4 is 22.7 Å². The third-order valence-corrected chi connectivity index (χ3v) is 5.74. The molecule has 1 aromatic carbocycles. The van der Waals surface area contributed by atoms with Crippen LogP contribution in [0.3, 0.4) is 0 Å². The van der Waals surface area contributed by atoms with Crippen molar-refractivity contribution < 1.29 is 13.0 Å². The van der Waals surface area contributed by atoms with Gasteiger partial charge in [0.15, 0.2) is 4.08 Å². The summed E-state index contributed by atoms with van der Waals surface area (Å²) in [5, 5.41) is 0. The molecule has 0 heterocycles. The summed E-state index contributed by atoms with van der Waals surface area (Å²) in [5.41, 5.74) is 0.524. The fourth-order valence-electron chi connectivity index (χ4n) is 2.09. The second kappa shape index (κ2) is 7.31. The summed E-state index contributed by atoms with van der Waals surface area (Å²) in [6, 6.07) is 8.69. The third kappa shape index (κ3) is 4.51. The SMILES string of the molecule is CCCCCCCC(S)(c1ccccc1)S(=O)(=O)O. The molecule has 0 fully saturated rings. The normalized spacial score (nSPS) is 15.1. The smallest absolute Gasteiger partial charge is 0.284 e. The molecule has 0 spiro atoms. The van der Waals surface area contributed by atoms with Crippen LogP contribution in [0.1, 0.15) is 51.0 Å². The van der Waals surface area contributed by atoms with Crippen molar-refractivity contribution in [2.24, 2.45) is 0 Å². The monoisotopic (exact) mass is 302 g/mol. The number of hydrogen-bond donors (Lipinski definition) is 2. The molecule has 0 aromatic heterocycles. The first-order chi connectivity index (χ1) is 8.92. The van der Waals surface area contributed by atoms with E-state index in [1.54, 1.807) is 24.3 Å². The van der Waals surface area contributed by atoms with E-state index in [-0.39, 0.29) is 0 Å². The Bertz CT molecular complexity index is 471. The molecule has 3 nitrogen and oxygen atoms in total. The predicted molar refractivity (Wildman–Crippen MR) is 82.0 cm³/mol. The molecule has 19 heavy (non-hydrogen) atoms. The van der Waals surface area contributed by atoms with Crippen molar-refractivity contribution in [3.05, 3.63) is 35.9 Å². The number of unbranched alkanes of at least 4 members (excludes halogenated alkanes) is 4. The van der Waals surface area contributed by atoms with E-state index in [0.717, 1.165) is 32.1 Å². The summed E-state index contributed by atoms with van der Waals surface area (Å²) >= 11 is 4.28. The van der Waals surface area contributed by atoms with Gasteiger partial charge in [-0.3, -0.25) is 4.55 Å². The molecule has 1 N–H and O–H groups in total. The van der Waals surface area contributed by atoms with Crippen LogP contribution in [-0.4, -0.2) is 13.0 Å². The van der Waals surface area contributed by atoms with Gasteiger partial charge in [0, 0.05) is 0 Å². The second-order valence-electron chi connectivity index (χ2n) is 4.79. The Morgan fingerprint density at radius 1 is 1.11 bits per heavy atom. The average molecular weight is 302 g/mol. The zero-order chi connectivity index (χ0) is 14.4. The van der Waals surface area contributed by atoms with Crippen molar-refractivity contribution in [3.8, 4) is 0 Å². The maximum Gasteiger partial charge on any atom is 0.284 e. The van der Waals surface area contributed by atoms with E-state index in [1.165, 1.54) is 0 Å². The van der Waals surface area contributed by atoms with Crippen molar-refractivity contribution in [1.82, 2.24) is 0 Å². The standard InChI is InChI=1S/C14H22O3S2/c1-2-3-4-5-9-12-14(18,19(15,16)17)13-10-7-6-8-11-13/h6-8,10-11,18H,2-5,9,12H2,1H3,(H,15,16,17). The largest absolute Gasteiger partial charge is 0.284 e. The minimum atomic E-state index is -4.25. The highest BCUT2D eigenvalue weighted by Crippen LogP contribution is 2.39. The van der Waals surface area contributed by atoms with Gasteiger partial charge >= 0.3 is 0 Å². The highest BCUT2D eigenvalue weighted by Gasteiger charge is 2.40. The zero-order valence-electron chi connectivity index (χ0n) is 11.2. The van der Waals surface area contributed by atoms with Gasteiger partial charge < -0.3 is 0 Å². The van der Waals surface area contributed by atoms with Crippen LogP contribution in [0.4, 0.5) is 0 Å². The quantitative estimate of drug-likeness (QED) is 0.433. The maximum absolute atomic E-state index is 11.7. The molecule has 1 rings (SSSR count). The average Bonchev–Trinajstić information content (AvgIpc) is 2.38.